The van der Waals surface area contributed by atoms with Gasteiger partial charge < -0.3 is 15.2 Å². The van der Waals surface area contributed by atoms with Crippen molar-refractivity contribution < 1.29 is 9.59 Å². The number of rotatable bonds is 8. The predicted octanol–water partition coefficient (Wildman–Crippen LogP) is 3.04. The summed E-state index contributed by atoms with van der Waals surface area (Å²) in [5.74, 6) is 0.0868. The van der Waals surface area contributed by atoms with Gasteiger partial charge in [-0.3, -0.25) is 14.4 Å². The minimum atomic E-state index is -0.233. The van der Waals surface area contributed by atoms with Crippen LogP contribution in [0.1, 0.15) is 31.2 Å². The van der Waals surface area contributed by atoms with Gasteiger partial charge in [-0.05, 0) is 37.1 Å². The molecule has 0 aliphatic heterocycles. The van der Waals surface area contributed by atoms with E-state index in [4.69, 9.17) is 0 Å². The van der Waals surface area contributed by atoms with Gasteiger partial charge in [0.25, 0.3) is 5.56 Å². The Bertz CT molecular complexity index is 1110. The molecule has 2 aromatic carbocycles. The molecule has 30 heavy (non-hydrogen) atoms. The first-order valence-corrected chi connectivity index (χ1v) is 10.1. The summed E-state index contributed by atoms with van der Waals surface area (Å²) >= 11 is 0. The number of benzene rings is 2. The van der Waals surface area contributed by atoms with Gasteiger partial charge in [0.15, 0.2) is 0 Å². The van der Waals surface area contributed by atoms with Crippen LogP contribution in [0.25, 0.3) is 10.9 Å². The fourth-order valence-electron chi connectivity index (χ4n) is 3.27. The zero-order chi connectivity index (χ0) is 21.5. The first kappa shape index (κ1) is 21.2. The van der Waals surface area contributed by atoms with Crippen LogP contribution in [0.2, 0.25) is 0 Å². The Balaban J connectivity index is 1.63. The standard InChI is InChI=1S/C23H26N4O3/c1-3-14-27(15-21(28)25-18-10-6-4-8-16(18)2)22(29)13-12-20-24-19-11-7-5-9-17(19)23(30)26-20/h4-11H,3,12-15H2,1-2H3,(H,25,28)(H,24,26,30). The quantitative estimate of drug-likeness (QED) is 0.601. The highest BCUT2D eigenvalue weighted by Gasteiger charge is 2.17. The number of H-pyrrole nitrogens is 1. The molecule has 156 valence electrons. The van der Waals surface area contributed by atoms with E-state index in [1.165, 1.54) is 0 Å². The second-order valence-electron chi connectivity index (χ2n) is 7.21. The molecule has 0 atom stereocenters. The predicted molar refractivity (Wildman–Crippen MR) is 117 cm³/mol. The third-order valence-corrected chi connectivity index (χ3v) is 4.84. The summed E-state index contributed by atoms with van der Waals surface area (Å²) in [5.41, 5.74) is 2.09. The smallest absolute Gasteiger partial charge is 0.258 e. The molecule has 1 heterocycles. The summed E-state index contributed by atoms with van der Waals surface area (Å²) in [6.45, 7) is 4.36. The number of aryl methyl sites for hydroxylation is 2. The van der Waals surface area contributed by atoms with E-state index in [-0.39, 0.29) is 30.3 Å². The first-order chi connectivity index (χ1) is 14.5. The highest BCUT2D eigenvalue weighted by molar-refractivity contribution is 5.95. The zero-order valence-corrected chi connectivity index (χ0v) is 17.3. The largest absolute Gasteiger partial charge is 0.333 e. The molecule has 0 saturated carbocycles. The lowest BCUT2D eigenvalue weighted by molar-refractivity contribution is -0.134. The summed E-state index contributed by atoms with van der Waals surface area (Å²) in [5, 5.41) is 3.38. The van der Waals surface area contributed by atoms with E-state index in [0.717, 1.165) is 17.7 Å². The maximum absolute atomic E-state index is 12.7. The highest BCUT2D eigenvalue weighted by atomic mass is 16.2. The van der Waals surface area contributed by atoms with E-state index >= 15 is 0 Å². The van der Waals surface area contributed by atoms with Crippen LogP contribution < -0.4 is 10.9 Å². The van der Waals surface area contributed by atoms with Gasteiger partial charge in [0.2, 0.25) is 11.8 Å². The third kappa shape index (κ3) is 5.31. The minimum absolute atomic E-state index is 0.0112. The van der Waals surface area contributed by atoms with E-state index in [1.54, 1.807) is 23.1 Å². The molecular weight excluding hydrogens is 380 g/mol. The molecule has 0 fully saturated rings. The molecule has 0 aliphatic carbocycles. The van der Waals surface area contributed by atoms with Crippen molar-refractivity contribution in [3.05, 3.63) is 70.3 Å². The van der Waals surface area contributed by atoms with Crippen molar-refractivity contribution in [2.45, 2.75) is 33.1 Å². The number of carbonyl (C=O) groups excluding carboxylic acids is 2. The van der Waals surface area contributed by atoms with Gasteiger partial charge in [-0.2, -0.15) is 0 Å². The number of nitrogens with zero attached hydrogens (tertiary/aromatic N) is 2. The van der Waals surface area contributed by atoms with Crippen LogP contribution in [0.4, 0.5) is 5.69 Å². The van der Waals surface area contributed by atoms with Crippen molar-refractivity contribution in [3.63, 3.8) is 0 Å². The van der Waals surface area contributed by atoms with E-state index < -0.39 is 0 Å². The lowest BCUT2D eigenvalue weighted by atomic mass is 10.2. The second kappa shape index (κ2) is 9.82. The molecule has 0 radical (unpaired) electrons. The Kier molecular flexibility index (Phi) is 6.95. The summed E-state index contributed by atoms with van der Waals surface area (Å²) in [6, 6.07) is 14.6. The summed E-state index contributed by atoms with van der Waals surface area (Å²) < 4.78 is 0. The van der Waals surface area contributed by atoms with Crippen molar-refractivity contribution in [1.82, 2.24) is 14.9 Å². The number of hydrogen-bond acceptors (Lipinski definition) is 4. The van der Waals surface area contributed by atoms with Crippen molar-refractivity contribution in [2.24, 2.45) is 0 Å². The van der Waals surface area contributed by atoms with Gasteiger partial charge in [-0.25, -0.2) is 4.98 Å². The highest BCUT2D eigenvalue weighted by Crippen LogP contribution is 2.13. The average Bonchev–Trinajstić information content (AvgIpc) is 2.73. The molecule has 1 aromatic heterocycles. The Labute approximate surface area is 175 Å². The number of carbonyl (C=O) groups is 2. The first-order valence-electron chi connectivity index (χ1n) is 10.1. The second-order valence-corrected chi connectivity index (χ2v) is 7.21. The fourth-order valence-corrected chi connectivity index (χ4v) is 3.27. The zero-order valence-electron chi connectivity index (χ0n) is 17.3. The maximum atomic E-state index is 12.7. The van der Waals surface area contributed by atoms with Crippen LogP contribution in [0.3, 0.4) is 0 Å². The van der Waals surface area contributed by atoms with Crippen molar-refractivity contribution in [1.29, 1.82) is 0 Å². The van der Waals surface area contributed by atoms with E-state index in [9.17, 15) is 14.4 Å². The van der Waals surface area contributed by atoms with Gasteiger partial charge in [0.1, 0.15) is 5.82 Å². The molecule has 3 rings (SSSR count). The number of nitrogens with one attached hydrogen (secondary N) is 2. The minimum Gasteiger partial charge on any atom is -0.333 e. The van der Waals surface area contributed by atoms with Crippen LogP contribution in [-0.4, -0.2) is 39.8 Å². The number of hydrogen-bond donors (Lipinski definition) is 2. The fraction of sp³-hybridized carbons (Fsp3) is 0.304. The topological polar surface area (TPSA) is 95.2 Å². The molecule has 0 bridgehead atoms. The lowest BCUT2D eigenvalue weighted by Crippen LogP contribution is -2.38. The van der Waals surface area contributed by atoms with E-state index in [0.29, 0.717) is 29.7 Å². The number of aromatic amines is 1. The van der Waals surface area contributed by atoms with Crippen molar-refractivity contribution in [2.75, 3.05) is 18.4 Å². The Morgan fingerprint density at radius 2 is 1.83 bits per heavy atom. The summed E-state index contributed by atoms with van der Waals surface area (Å²) in [6.07, 6.45) is 1.21. The van der Waals surface area contributed by atoms with Gasteiger partial charge >= 0.3 is 0 Å². The summed E-state index contributed by atoms with van der Waals surface area (Å²) in [7, 11) is 0. The normalized spacial score (nSPS) is 10.7. The molecule has 2 amide bonds. The van der Waals surface area contributed by atoms with Crippen LogP contribution in [-0.2, 0) is 16.0 Å². The maximum Gasteiger partial charge on any atom is 0.258 e. The Morgan fingerprint density at radius 1 is 1.10 bits per heavy atom. The SMILES string of the molecule is CCCN(CC(=O)Nc1ccccc1C)C(=O)CCc1nc2ccccc2c(=O)[nH]1. The molecule has 7 nitrogen and oxygen atoms in total. The van der Waals surface area contributed by atoms with Crippen LogP contribution in [0.5, 0.6) is 0 Å². The third-order valence-electron chi connectivity index (χ3n) is 4.84. The number of amides is 2. The van der Waals surface area contributed by atoms with Crippen molar-refractivity contribution >= 4 is 28.4 Å². The number of para-hydroxylation sites is 2. The van der Waals surface area contributed by atoms with E-state index in [1.807, 2.05) is 44.2 Å². The molecule has 0 spiro atoms. The van der Waals surface area contributed by atoms with Gasteiger partial charge in [0.05, 0.1) is 17.4 Å². The molecular formula is C23H26N4O3. The number of aromatic nitrogens is 2. The Hall–Kier alpha value is -3.48. The van der Waals surface area contributed by atoms with Gasteiger partial charge in [-0.1, -0.05) is 37.3 Å². The Morgan fingerprint density at radius 3 is 2.60 bits per heavy atom. The van der Waals surface area contributed by atoms with E-state index in [2.05, 4.69) is 15.3 Å². The number of fused-ring (bicyclic) bond motifs is 1. The molecule has 0 unspecified atom stereocenters. The number of anilines is 1. The van der Waals surface area contributed by atoms with Crippen LogP contribution in [0.15, 0.2) is 53.3 Å². The molecule has 0 aliphatic rings. The summed E-state index contributed by atoms with van der Waals surface area (Å²) in [4.78, 5) is 46.1. The van der Waals surface area contributed by atoms with Crippen molar-refractivity contribution in [3.8, 4) is 0 Å². The average molecular weight is 406 g/mol. The lowest BCUT2D eigenvalue weighted by Gasteiger charge is -2.22. The van der Waals surface area contributed by atoms with Gasteiger partial charge in [-0.15, -0.1) is 0 Å². The molecule has 2 N–H and O–H groups in total. The van der Waals surface area contributed by atoms with Crippen LogP contribution in [0, 0.1) is 6.92 Å². The van der Waals surface area contributed by atoms with Gasteiger partial charge in [0, 0.05) is 25.1 Å². The molecule has 0 saturated heterocycles. The molecule has 7 heteroatoms. The molecule has 3 aromatic rings. The van der Waals surface area contributed by atoms with Crippen LogP contribution >= 0.6 is 0 Å². The monoisotopic (exact) mass is 406 g/mol.